The van der Waals surface area contributed by atoms with Crippen LogP contribution >= 0.6 is 0 Å². The van der Waals surface area contributed by atoms with Crippen LogP contribution in [-0.4, -0.2) is 8.32 Å². The minimum Gasteiger partial charge on any atom is -0.545 e. The average Bonchev–Trinajstić information content (AvgIpc) is 2.49. The smallest absolute Gasteiger partial charge is 0.242 e. The first-order valence-corrected chi connectivity index (χ1v) is 7.98. The van der Waals surface area contributed by atoms with E-state index in [1.165, 1.54) is 0 Å². The summed E-state index contributed by atoms with van der Waals surface area (Å²) in [7, 11) is -1.52. The van der Waals surface area contributed by atoms with Crippen molar-refractivity contribution in [2.75, 3.05) is 0 Å². The minimum atomic E-state index is -1.52. The van der Waals surface area contributed by atoms with E-state index < -0.39 is 8.32 Å². The Morgan fingerprint density at radius 2 is 2.21 bits per heavy atom. The molecule has 0 amide bonds. The zero-order chi connectivity index (χ0) is 10.6. The Labute approximate surface area is 86.0 Å². The molecular weight excluding hydrogens is 192 g/mol. The van der Waals surface area contributed by atoms with Gasteiger partial charge in [0.2, 0.25) is 8.32 Å². The summed E-state index contributed by atoms with van der Waals surface area (Å²) in [6.45, 7) is 10.2. The van der Waals surface area contributed by atoms with Gasteiger partial charge in [0.15, 0.2) is 0 Å². The molecule has 0 atom stereocenters. The number of hydrogen-bond acceptors (Lipinski definition) is 2. The summed E-state index contributed by atoms with van der Waals surface area (Å²) in [6, 6.07) is 3.74. The molecule has 0 N–H and O–H groups in total. The lowest BCUT2D eigenvalue weighted by Crippen LogP contribution is -2.23. The van der Waals surface area contributed by atoms with Crippen LogP contribution in [0.5, 0.6) is 0 Å². The molecule has 1 aromatic heterocycles. The zero-order valence-corrected chi connectivity index (χ0v) is 9.91. The van der Waals surface area contributed by atoms with Crippen LogP contribution in [0.2, 0.25) is 19.6 Å². The highest BCUT2D eigenvalue weighted by Gasteiger charge is 2.15. The maximum absolute atomic E-state index is 5.65. The summed E-state index contributed by atoms with van der Waals surface area (Å²) in [5.74, 6) is 1.51. The molecule has 0 aliphatic rings. The van der Waals surface area contributed by atoms with Gasteiger partial charge in [-0.1, -0.05) is 6.58 Å². The summed E-state index contributed by atoms with van der Waals surface area (Å²) >= 11 is 0. The van der Waals surface area contributed by atoms with Gasteiger partial charge in [0.25, 0.3) is 0 Å². The van der Waals surface area contributed by atoms with Gasteiger partial charge in [-0.3, -0.25) is 0 Å². The molecule has 0 fully saturated rings. The van der Waals surface area contributed by atoms with Crippen LogP contribution in [0.15, 0.2) is 41.2 Å². The van der Waals surface area contributed by atoms with E-state index in [1.807, 2.05) is 24.3 Å². The molecule has 2 nitrogen and oxygen atoms in total. The van der Waals surface area contributed by atoms with Crippen LogP contribution in [-0.2, 0) is 4.43 Å². The van der Waals surface area contributed by atoms with Crippen molar-refractivity contribution in [1.29, 1.82) is 0 Å². The number of furan rings is 1. The molecule has 0 saturated carbocycles. The Morgan fingerprint density at radius 1 is 1.50 bits per heavy atom. The lowest BCUT2D eigenvalue weighted by atomic mass is 10.4. The predicted octanol–water partition coefficient (Wildman–Crippen LogP) is 3.66. The van der Waals surface area contributed by atoms with E-state index in [2.05, 4.69) is 26.2 Å². The largest absolute Gasteiger partial charge is 0.545 e. The second kappa shape index (κ2) is 4.33. The second-order valence-electron chi connectivity index (χ2n) is 4.03. The number of hydrogen-bond donors (Lipinski definition) is 0. The molecule has 3 heteroatoms. The summed E-state index contributed by atoms with van der Waals surface area (Å²) in [6.07, 6.45) is 5.32. The first kappa shape index (κ1) is 10.9. The first-order chi connectivity index (χ1) is 6.47. The van der Waals surface area contributed by atoms with Crippen molar-refractivity contribution in [1.82, 2.24) is 0 Å². The monoisotopic (exact) mass is 208 g/mol. The molecule has 1 aromatic rings. The molecule has 1 heterocycles. The zero-order valence-electron chi connectivity index (χ0n) is 8.91. The average molecular weight is 208 g/mol. The maximum Gasteiger partial charge on any atom is 0.242 e. The summed E-state index contributed by atoms with van der Waals surface area (Å²) in [5.41, 5.74) is 0. The molecule has 0 radical (unpaired) electrons. The Bertz CT molecular complexity index is 318. The SMILES string of the molecule is C=C(C=Cc1ccco1)O[Si](C)(C)C. The van der Waals surface area contributed by atoms with Crippen molar-refractivity contribution in [2.24, 2.45) is 0 Å². The van der Waals surface area contributed by atoms with Crippen molar-refractivity contribution >= 4 is 14.4 Å². The molecule has 0 bridgehead atoms. The Kier molecular flexibility index (Phi) is 3.36. The Balaban J connectivity index is 2.49. The molecule has 0 aromatic carbocycles. The van der Waals surface area contributed by atoms with Gasteiger partial charge >= 0.3 is 0 Å². The Hall–Kier alpha value is -1.22. The third-order valence-corrected chi connectivity index (χ3v) is 2.29. The molecule has 0 saturated heterocycles. The van der Waals surface area contributed by atoms with Crippen molar-refractivity contribution in [3.05, 3.63) is 42.6 Å². The van der Waals surface area contributed by atoms with Gasteiger partial charge in [0.05, 0.1) is 12.0 Å². The molecular formula is C11H16O2Si. The van der Waals surface area contributed by atoms with Gasteiger partial charge in [-0.05, 0) is 43.9 Å². The van der Waals surface area contributed by atoms with Gasteiger partial charge in [0.1, 0.15) is 5.76 Å². The van der Waals surface area contributed by atoms with Crippen molar-refractivity contribution < 1.29 is 8.84 Å². The molecule has 14 heavy (non-hydrogen) atoms. The van der Waals surface area contributed by atoms with Crippen LogP contribution in [0.4, 0.5) is 0 Å². The highest BCUT2D eigenvalue weighted by atomic mass is 28.4. The van der Waals surface area contributed by atoms with E-state index in [-0.39, 0.29) is 0 Å². The van der Waals surface area contributed by atoms with Crippen LogP contribution in [0.25, 0.3) is 6.08 Å². The van der Waals surface area contributed by atoms with Crippen molar-refractivity contribution in [3.63, 3.8) is 0 Å². The summed E-state index contributed by atoms with van der Waals surface area (Å²) in [5, 5.41) is 0. The van der Waals surface area contributed by atoms with Gasteiger partial charge in [-0.15, -0.1) is 0 Å². The lowest BCUT2D eigenvalue weighted by molar-refractivity contribution is 0.444. The van der Waals surface area contributed by atoms with Gasteiger partial charge in [0, 0.05) is 0 Å². The molecule has 0 unspecified atom stereocenters. The van der Waals surface area contributed by atoms with Gasteiger partial charge in [-0.25, -0.2) is 0 Å². The topological polar surface area (TPSA) is 22.4 Å². The molecule has 1 rings (SSSR count). The van der Waals surface area contributed by atoms with E-state index >= 15 is 0 Å². The molecule has 0 aliphatic carbocycles. The normalized spacial score (nSPS) is 11.9. The first-order valence-electron chi connectivity index (χ1n) is 4.57. The van der Waals surface area contributed by atoms with Crippen LogP contribution in [0, 0.1) is 0 Å². The molecule has 0 spiro atoms. The third kappa shape index (κ3) is 4.14. The number of allylic oxidation sites excluding steroid dienone is 1. The van der Waals surface area contributed by atoms with Gasteiger partial charge in [-0.2, -0.15) is 0 Å². The van der Waals surface area contributed by atoms with Crippen molar-refractivity contribution in [2.45, 2.75) is 19.6 Å². The van der Waals surface area contributed by atoms with E-state index in [9.17, 15) is 0 Å². The quantitative estimate of drug-likeness (QED) is 0.428. The number of rotatable bonds is 4. The minimum absolute atomic E-state index is 0.695. The fourth-order valence-corrected chi connectivity index (χ4v) is 1.84. The summed E-state index contributed by atoms with van der Waals surface area (Å²) < 4.78 is 10.8. The van der Waals surface area contributed by atoms with Crippen LogP contribution in [0.1, 0.15) is 5.76 Å². The molecule has 76 valence electrons. The second-order valence-corrected chi connectivity index (χ2v) is 8.46. The van der Waals surface area contributed by atoms with Crippen LogP contribution < -0.4 is 0 Å². The highest BCUT2D eigenvalue weighted by Crippen LogP contribution is 2.11. The summed E-state index contributed by atoms with van der Waals surface area (Å²) in [4.78, 5) is 0. The molecule has 0 aliphatic heterocycles. The third-order valence-electron chi connectivity index (χ3n) is 1.41. The van der Waals surface area contributed by atoms with E-state index in [4.69, 9.17) is 8.84 Å². The fraction of sp³-hybridized carbons (Fsp3) is 0.273. The highest BCUT2D eigenvalue weighted by molar-refractivity contribution is 6.70. The van der Waals surface area contributed by atoms with Crippen molar-refractivity contribution in [3.8, 4) is 0 Å². The van der Waals surface area contributed by atoms with E-state index in [0.717, 1.165) is 5.76 Å². The lowest BCUT2D eigenvalue weighted by Gasteiger charge is -2.18. The van der Waals surface area contributed by atoms with E-state index in [1.54, 1.807) is 6.26 Å². The maximum atomic E-state index is 5.65. The van der Waals surface area contributed by atoms with E-state index in [0.29, 0.717) is 5.76 Å². The Morgan fingerprint density at radius 3 is 2.71 bits per heavy atom. The van der Waals surface area contributed by atoms with Crippen LogP contribution in [0.3, 0.4) is 0 Å². The van der Waals surface area contributed by atoms with Gasteiger partial charge < -0.3 is 8.84 Å². The standard InChI is InChI=1S/C11H16O2Si/c1-10(13-14(2,3)4)7-8-11-6-5-9-12-11/h5-9H,1H2,2-4H3. The predicted molar refractivity (Wildman–Crippen MR) is 61.3 cm³/mol. The fourth-order valence-electron chi connectivity index (χ4n) is 0.988.